The van der Waals surface area contributed by atoms with Crippen molar-refractivity contribution >= 4 is 35.0 Å². The predicted molar refractivity (Wildman–Crippen MR) is 77.4 cm³/mol. The minimum atomic E-state index is -1.48. The standard InChI is InChI=1S/C14H9ClF2N2O3/c15-9-5-6-10(19-14(21)22)12(17)11(9)13(20)18-8-3-1-7(16)2-4-8/h1-6,19H,(H,18,20)(H,21,22). The number of carbonyl (C=O) groups is 2. The highest BCUT2D eigenvalue weighted by atomic mass is 35.5. The van der Waals surface area contributed by atoms with Crippen molar-refractivity contribution in [3.05, 3.63) is 58.6 Å². The molecule has 0 spiro atoms. The van der Waals surface area contributed by atoms with E-state index in [1.807, 2.05) is 5.32 Å². The monoisotopic (exact) mass is 326 g/mol. The smallest absolute Gasteiger partial charge is 0.409 e. The van der Waals surface area contributed by atoms with E-state index in [2.05, 4.69) is 5.32 Å². The third-order valence-corrected chi connectivity index (χ3v) is 2.98. The molecule has 22 heavy (non-hydrogen) atoms. The number of carbonyl (C=O) groups excluding carboxylic acids is 1. The van der Waals surface area contributed by atoms with Crippen LogP contribution in [0.1, 0.15) is 10.4 Å². The Labute approximate surface area is 128 Å². The molecule has 5 nitrogen and oxygen atoms in total. The van der Waals surface area contributed by atoms with Crippen LogP contribution in [0.3, 0.4) is 0 Å². The summed E-state index contributed by atoms with van der Waals surface area (Å²) in [7, 11) is 0. The van der Waals surface area contributed by atoms with Crippen LogP contribution in [-0.2, 0) is 0 Å². The summed E-state index contributed by atoms with van der Waals surface area (Å²) >= 11 is 5.79. The number of rotatable bonds is 3. The van der Waals surface area contributed by atoms with Gasteiger partial charge < -0.3 is 10.4 Å². The zero-order valence-electron chi connectivity index (χ0n) is 10.9. The summed E-state index contributed by atoms with van der Waals surface area (Å²) in [5, 5.41) is 12.6. The van der Waals surface area contributed by atoms with Crippen molar-refractivity contribution in [3.63, 3.8) is 0 Å². The van der Waals surface area contributed by atoms with E-state index in [-0.39, 0.29) is 10.7 Å². The van der Waals surface area contributed by atoms with Gasteiger partial charge in [-0.1, -0.05) is 11.6 Å². The van der Waals surface area contributed by atoms with E-state index in [1.54, 1.807) is 0 Å². The maximum absolute atomic E-state index is 14.2. The lowest BCUT2D eigenvalue weighted by Gasteiger charge is -2.11. The molecule has 0 aliphatic rings. The maximum atomic E-state index is 14.2. The van der Waals surface area contributed by atoms with Crippen molar-refractivity contribution in [2.24, 2.45) is 0 Å². The number of anilines is 2. The van der Waals surface area contributed by atoms with E-state index < -0.39 is 34.9 Å². The average Bonchev–Trinajstić information content (AvgIpc) is 2.44. The molecule has 0 unspecified atom stereocenters. The largest absolute Gasteiger partial charge is 0.465 e. The van der Waals surface area contributed by atoms with E-state index in [0.717, 1.165) is 18.2 Å². The Morgan fingerprint density at radius 2 is 1.64 bits per heavy atom. The second-order valence-corrected chi connectivity index (χ2v) is 4.58. The normalized spacial score (nSPS) is 10.1. The van der Waals surface area contributed by atoms with Gasteiger partial charge in [0.25, 0.3) is 5.91 Å². The van der Waals surface area contributed by atoms with Crippen LogP contribution in [0.2, 0.25) is 5.02 Å². The van der Waals surface area contributed by atoms with Crippen molar-refractivity contribution in [1.29, 1.82) is 0 Å². The van der Waals surface area contributed by atoms with E-state index in [0.29, 0.717) is 0 Å². The highest BCUT2D eigenvalue weighted by Crippen LogP contribution is 2.26. The lowest BCUT2D eigenvalue weighted by atomic mass is 10.1. The zero-order chi connectivity index (χ0) is 16.3. The Kier molecular flexibility index (Phi) is 4.57. The number of halogens is 3. The number of nitrogens with one attached hydrogen (secondary N) is 2. The van der Waals surface area contributed by atoms with E-state index in [4.69, 9.17) is 16.7 Å². The molecular formula is C14H9ClF2N2O3. The summed E-state index contributed by atoms with van der Waals surface area (Å²) in [6.45, 7) is 0. The first-order chi connectivity index (χ1) is 10.4. The summed E-state index contributed by atoms with van der Waals surface area (Å²) in [4.78, 5) is 22.6. The molecule has 0 bridgehead atoms. The van der Waals surface area contributed by atoms with E-state index >= 15 is 0 Å². The van der Waals surface area contributed by atoms with Crippen LogP contribution in [0.5, 0.6) is 0 Å². The zero-order valence-corrected chi connectivity index (χ0v) is 11.6. The topological polar surface area (TPSA) is 78.4 Å². The summed E-state index contributed by atoms with van der Waals surface area (Å²) in [6, 6.07) is 7.11. The second kappa shape index (κ2) is 6.40. The predicted octanol–water partition coefficient (Wildman–Crippen LogP) is 3.96. The molecule has 0 radical (unpaired) electrons. The Balaban J connectivity index is 2.32. The summed E-state index contributed by atoms with van der Waals surface area (Å²) in [6.07, 6.45) is -1.48. The van der Waals surface area contributed by atoms with Gasteiger partial charge in [0.2, 0.25) is 0 Å². The molecule has 0 aliphatic carbocycles. The van der Waals surface area contributed by atoms with Gasteiger partial charge >= 0.3 is 6.09 Å². The van der Waals surface area contributed by atoms with Crippen LogP contribution in [0, 0.1) is 11.6 Å². The van der Waals surface area contributed by atoms with Gasteiger partial charge in [0.1, 0.15) is 5.82 Å². The van der Waals surface area contributed by atoms with Gasteiger partial charge in [-0.2, -0.15) is 0 Å². The molecule has 114 valence electrons. The average molecular weight is 327 g/mol. The highest BCUT2D eigenvalue weighted by molar-refractivity contribution is 6.34. The molecular weight excluding hydrogens is 318 g/mol. The molecule has 0 saturated heterocycles. The molecule has 8 heteroatoms. The van der Waals surface area contributed by atoms with Gasteiger partial charge in [-0.3, -0.25) is 10.1 Å². The van der Waals surface area contributed by atoms with Crippen LogP contribution in [0.25, 0.3) is 0 Å². The SMILES string of the molecule is O=C(O)Nc1ccc(Cl)c(C(=O)Nc2ccc(F)cc2)c1F. The highest BCUT2D eigenvalue weighted by Gasteiger charge is 2.20. The molecule has 0 heterocycles. The van der Waals surface area contributed by atoms with Gasteiger partial charge in [0.15, 0.2) is 5.82 Å². The van der Waals surface area contributed by atoms with Crippen molar-refractivity contribution < 1.29 is 23.5 Å². The Morgan fingerprint density at radius 3 is 2.23 bits per heavy atom. The fourth-order valence-electron chi connectivity index (χ4n) is 1.70. The van der Waals surface area contributed by atoms with Crippen LogP contribution in [0.15, 0.2) is 36.4 Å². The molecule has 0 saturated carbocycles. The summed E-state index contributed by atoms with van der Waals surface area (Å²) < 4.78 is 27.0. The number of carboxylic acid groups (broad SMARTS) is 1. The number of benzene rings is 2. The van der Waals surface area contributed by atoms with Gasteiger partial charge in [0, 0.05) is 5.69 Å². The molecule has 0 aliphatic heterocycles. The van der Waals surface area contributed by atoms with E-state index in [9.17, 15) is 18.4 Å². The minimum Gasteiger partial charge on any atom is -0.465 e. The van der Waals surface area contributed by atoms with Gasteiger partial charge in [0.05, 0.1) is 16.3 Å². The van der Waals surface area contributed by atoms with Crippen LogP contribution >= 0.6 is 11.6 Å². The Bertz CT molecular complexity index is 736. The first kappa shape index (κ1) is 15.7. The van der Waals surface area contributed by atoms with Crippen LogP contribution in [0.4, 0.5) is 25.0 Å². The van der Waals surface area contributed by atoms with Gasteiger partial charge in [-0.15, -0.1) is 0 Å². The maximum Gasteiger partial charge on any atom is 0.409 e. The summed E-state index contributed by atoms with van der Waals surface area (Å²) in [5.41, 5.74) is -0.683. The molecule has 3 N–H and O–H groups in total. The Morgan fingerprint density at radius 1 is 1.00 bits per heavy atom. The number of amides is 2. The first-order valence-electron chi connectivity index (χ1n) is 5.93. The molecule has 2 aromatic carbocycles. The van der Waals surface area contributed by atoms with Gasteiger partial charge in [-0.05, 0) is 36.4 Å². The molecule has 0 fully saturated rings. The third kappa shape index (κ3) is 3.50. The van der Waals surface area contributed by atoms with Crippen molar-refractivity contribution in [2.45, 2.75) is 0 Å². The summed E-state index contributed by atoms with van der Waals surface area (Å²) in [5.74, 6) is -2.48. The molecule has 2 amide bonds. The van der Waals surface area contributed by atoms with Crippen LogP contribution in [-0.4, -0.2) is 17.1 Å². The fraction of sp³-hybridized carbons (Fsp3) is 0. The molecule has 2 rings (SSSR count). The lowest BCUT2D eigenvalue weighted by molar-refractivity contribution is 0.102. The van der Waals surface area contributed by atoms with Crippen molar-refractivity contribution in [1.82, 2.24) is 0 Å². The molecule has 0 atom stereocenters. The number of hydrogen-bond acceptors (Lipinski definition) is 2. The quantitative estimate of drug-likeness (QED) is 0.798. The van der Waals surface area contributed by atoms with Crippen molar-refractivity contribution in [2.75, 3.05) is 10.6 Å². The van der Waals surface area contributed by atoms with Crippen LogP contribution < -0.4 is 10.6 Å². The number of hydrogen-bond donors (Lipinski definition) is 3. The second-order valence-electron chi connectivity index (χ2n) is 4.18. The molecule has 0 aromatic heterocycles. The van der Waals surface area contributed by atoms with Crippen molar-refractivity contribution in [3.8, 4) is 0 Å². The lowest BCUT2D eigenvalue weighted by Crippen LogP contribution is -2.17. The van der Waals surface area contributed by atoms with E-state index in [1.165, 1.54) is 18.2 Å². The Hall–Kier alpha value is -2.67. The minimum absolute atomic E-state index is 0.187. The molecule has 2 aromatic rings. The third-order valence-electron chi connectivity index (χ3n) is 2.66. The van der Waals surface area contributed by atoms with Gasteiger partial charge in [-0.25, -0.2) is 13.6 Å². The first-order valence-corrected chi connectivity index (χ1v) is 6.31. The fourth-order valence-corrected chi connectivity index (χ4v) is 1.93.